The molecular formula is C18H19N3OS. The first-order valence-corrected chi connectivity index (χ1v) is 8.47. The monoisotopic (exact) mass is 325 g/mol. The fraction of sp³-hybridized carbons (Fsp3) is 0.222. The third-order valence-corrected chi connectivity index (χ3v) is 4.64. The van der Waals surface area contributed by atoms with Crippen LogP contribution in [-0.4, -0.2) is 16.1 Å². The highest BCUT2D eigenvalue weighted by Crippen LogP contribution is 2.25. The van der Waals surface area contributed by atoms with Crippen LogP contribution < -0.4 is 5.32 Å². The van der Waals surface area contributed by atoms with Gasteiger partial charge in [-0.15, -0.1) is 11.3 Å². The van der Waals surface area contributed by atoms with Gasteiger partial charge >= 0.3 is 0 Å². The minimum atomic E-state index is -0.116. The maximum atomic E-state index is 12.4. The Morgan fingerprint density at radius 3 is 2.70 bits per heavy atom. The molecule has 23 heavy (non-hydrogen) atoms. The van der Waals surface area contributed by atoms with Gasteiger partial charge < -0.3 is 5.32 Å². The fourth-order valence-electron chi connectivity index (χ4n) is 2.36. The molecule has 0 fully saturated rings. The number of H-pyrrole nitrogens is 1. The van der Waals surface area contributed by atoms with E-state index in [0.29, 0.717) is 18.0 Å². The van der Waals surface area contributed by atoms with Crippen LogP contribution in [0.3, 0.4) is 0 Å². The van der Waals surface area contributed by atoms with E-state index in [1.807, 2.05) is 17.5 Å². The van der Waals surface area contributed by atoms with Gasteiger partial charge in [0.05, 0.1) is 22.3 Å². The zero-order valence-electron chi connectivity index (χ0n) is 13.2. The number of aromatic nitrogens is 2. The van der Waals surface area contributed by atoms with E-state index in [2.05, 4.69) is 53.6 Å². The van der Waals surface area contributed by atoms with Gasteiger partial charge in [0.1, 0.15) is 0 Å². The molecule has 1 amide bonds. The molecule has 0 spiro atoms. The number of rotatable bonds is 5. The van der Waals surface area contributed by atoms with Crippen LogP contribution in [0, 0.1) is 0 Å². The zero-order chi connectivity index (χ0) is 16.2. The topological polar surface area (TPSA) is 57.8 Å². The highest BCUT2D eigenvalue weighted by atomic mass is 32.1. The number of aromatic amines is 1. The van der Waals surface area contributed by atoms with Crippen molar-refractivity contribution < 1.29 is 4.79 Å². The van der Waals surface area contributed by atoms with Crippen molar-refractivity contribution in [2.45, 2.75) is 26.3 Å². The lowest BCUT2D eigenvalue weighted by molar-refractivity contribution is 0.0951. The van der Waals surface area contributed by atoms with E-state index < -0.39 is 0 Å². The molecule has 0 saturated heterocycles. The Morgan fingerprint density at radius 1 is 1.26 bits per heavy atom. The first kappa shape index (κ1) is 15.5. The molecule has 0 atom stereocenters. The van der Waals surface area contributed by atoms with Crippen LogP contribution in [0.5, 0.6) is 0 Å². The predicted octanol–water partition coefficient (Wildman–Crippen LogP) is 4.19. The van der Waals surface area contributed by atoms with Gasteiger partial charge in [0.25, 0.3) is 5.91 Å². The smallest absolute Gasteiger partial charge is 0.255 e. The number of hydrogen-bond donors (Lipinski definition) is 2. The van der Waals surface area contributed by atoms with E-state index in [0.717, 1.165) is 16.1 Å². The van der Waals surface area contributed by atoms with Gasteiger partial charge in [0, 0.05) is 6.54 Å². The van der Waals surface area contributed by atoms with Crippen molar-refractivity contribution in [2.75, 3.05) is 0 Å². The second kappa shape index (κ2) is 6.79. The molecule has 1 aromatic carbocycles. The highest BCUT2D eigenvalue weighted by molar-refractivity contribution is 7.13. The van der Waals surface area contributed by atoms with Gasteiger partial charge in [-0.2, -0.15) is 5.10 Å². The molecule has 2 heterocycles. The quantitative estimate of drug-likeness (QED) is 0.739. The molecule has 0 saturated carbocycles. The van der Waals surface area contributed by atoms with Crippen molar-refractivity contribution in [3.8, 4) is 10.6 Å². The normalized spacial score (nSPS) is 10.9. The Balaban J connectivity index is 1.67. The number of thiophene rings is 1. The molecule has 5 heteroatoms. The lowest BCUT2D eigenvalue weighted by Crippen LogP contribution is -2.22. The number of nitrogens with zero attached hydrogens (tertiary/aromatic N) is 1. The standard InChI is InChI=1S/C18H19N3OS/c1-12(2)14-7-5-13(6-8-14)10-19-18(22)15-11-20-21-17(15)16-4-3-9-23-16/h3-9,11-12H,10H2,1-2H3,(H,19,22)(H,20,21). The summed E-state index contributed by atoms with van der Waals surface area (Å²) in [5.74, 6) is 0.396. The fourth-order valence-corrected chi connectivity index (χ4v) is 3.10. The summed E-state index contributed by atoms with van der Waals surface area (Å²) in [6, 6.07) is 12.3. The van der Waals surface area contributed by atoms with E-state index in [4.69, 9.17) is 0 Å². The molecule has 0 aliphatic heterocycles. The molecule has 4 nitrogen and oxygen atoms in total. The summed E-state index contributed by atoms with van der Waals surface area (Å²) in [6.07, 6.45) is 1.58. The first-order valence-electron chi connectivity index (χ1n) is 7.59. The van der Waals surface area contributed by atoms with Crippen LogP contribution >= 0.6 is 11.3 Å². The van der Waals surface area contributed by atoms with Crippen LogP contribution in [0.2, 0.25) is 0 Å². The SMILES string of the molecule is CC(C)c1ccc(CNC(=O)c2cn[nH]c2-c2cccs2)cc1. The molecule has 2 N–H and O–H groups in total. The maximum absolute atomic E-state index is 12.4. The third kappa shape index (κ3) is 3.51. The number of nitrogens with one attached hydrogen (secondary N) is 2. The van der Waals surface area contributed by atoms with E-state index in [-0.39, 0.29) is 5.91 Å². The molecule has 0 radical (unpaired) electrons. The van der Waals surface area contributed by atoms with Crippen molar-refractivity contribution in [2.24, 2.45) is 0 Å². The number of amides is 1. The predicted molar refractivity (Wildman–Crippen MR) is 93.6 cm³/mol. The lowest BCUT2D eigenvalue weighted by Gasteiger charge is -2.08. The average Bonchev–Trinajstić information content (AvgIpc) is 3.23. The van der Waals surface area contributed by atoms with Crippen molar-refractivity contribution in [1.82, 2.24) is 15.5 Å². The summed E-state index contributed by atoms with van der Waals surface area (Å²) in [5.41, 5.74) is 3.73. The largest absolute Gasteiger partial charge is 0.348 e. The van der Waals surface area contributed by atoms with Crippen molar-refractivity contribution in [3.05, 3.63) is 64.7 Å². The Bertz CT molecular complexity index is 773. The summed E-state index contributed by atoms with van der Waals surface area (Å²) in [5, 5.41) is 11.9. The van der Waals surface area contributed by atoms with Gasteiger partial charge in [0.15, 0.2) is 0 Å². The Kier molecular flexibility index (Phi) is 4.57. The van der Waals surface area contributed by atoms with Gasteiger partial charge in [0.2, 0.25) is 0 Å². The second-order valence-electron chi connectivity index (χ2n) is 5.71. The molecule has 2 aromatic heterocycles. The Labute approximate surface area is 139 Å². The van der Waals surface area contributed by atoms with Gasteiger partial charge in [-0.3, -0.25) is 9.89 Å². The number of carbonyl (C=O) groups excluding carboxylic acids is 1. The van der Waals surface area contributed by atoms with Crippen LogP contribution in [0.15, 0.2) is 48.0 Å². The van der Waals surface area contributed by atoms with Crippen LogP contribution in [0.4, 0.5) is 0 Å². The molecule has 3 aromatic rings. The van der Waals surface area contributed by atoms with Crippen LogP contribution in [-0.2, 0) is 6.54 Å². The molecule has 0 bridgehead atoms. The van der Waals surface area contributed by atoms with Crippen LogP contribution in [0.1, 0.15) is 41.3 Å². The molecule has 3 rings (SSSR count). The number of carbonyl (C=O) groups is 1. The van der Waals surface area contributed by atoms with Crippen molar-refractivity contribution in [1.29, 1.82) is 0 Å². The van der Waals surface area contributed by atoms with E-state index in [9.17, 15) is 4.79 Å². The Hall–Kier alpha value is -2.40. The molecule has 0 unspecified atom stereocenters. The summed E-state index contributed by atoms with van der Waals surface area (Å²) < 4.78 is 0. The molecule has 0 aliphatic rings. The minimum absolute atomic E-state index is 0.116. The third-order valence-electron chi connectivity index (χ3n) is 3.75. The van der Waals surface area contributed by atoms with Crippen molar-refractivity contribution in [3.63, 3.8) is 0 Å². The summed E-state index contributed by atoms with van der Waals surface area (Å²) >= 11 is 1.58. The summed E-state index contributed by atoms with van der Waals surface area (Å²) in [6.45, 7) is 4.84. The average molecular weight is 325 g/mol. The van der Waals surface area contributed by atoms with Gasteiger partial charge in [-0.25, -0.2) is 0 Å². The zero-order valence-corrected chi connectivity index (χ0v) is 14.0. The number of benzene rings is 1. The van der Waals surface area contributed by atoms with Crippen molar-refractivity contribution >= 4 is 17.2 Å². The molecule has 0 aliphatic carbocycles. The second-order valence-corrected chi connectivity index (χ2v) is 6.66. The molecular weight excluding hydrogens is 306 g/mol. The van der Waals surface area contributed by atoms with E-state index in [1.54, 1.807) is 17.5 Å². The maximum Gasteiger partial charge on any atom is 0.255 e. The van der Waals surface area contributed by atoms with Crippen LogP contribution in [0.25, 0.3) is 10.6 Å². The summed E-state index contributed by atoms with van der Waals surface area (Å²) in [4.78, 5) is 13.4. The summed E-state index contributed by atoms with van der Waals surface area (Å²) in [7, 11) is 0. The van der Waals surface area contributed by atoms with E-state index in [1.165, 1.54) is 5.56 Å². The lowest BCUT2D eigenvalue weighted by atomic mass is 10.0. The highest BCUT2D eigenvalue weighted by Gasteiger charge is 2.15. The minimum Gasteiger partial charge on any atom is -0.348 e. The van der Waals surface area contributed by atoms with Gasteiger partial charge in [-0.05, 0) is 28.5 Å². The molecule has 118 valence electrons. The Morgan fingerprint density at radius 2 is 2.04 bits per heavy atom. The first-order chi connectivity index (χ1) is 11.1. The number of hydrogen-bond acceptors (Lipinski definition) is 3. The van der Waals surface area contributed by atoms with Gasteiger partial charge in [-0.1, -0.05) is 44.2 Å². The van der Waals surface area contributed by atoms with E-state index >= 15 is 0 Å².